The minimum absolute atomic E-state index is 0.0827. The largest absolute Gasteiger partial charge is 0.322 e. The molecule has 146 valence electrons. The van der Waals surface area contributed by atoms with E-state index in [0.29, 0.717) is 17.0 Å². The molecule has 1 saturated heterocycles. The van der Waals surface area contributed by atoms with Gasteiger partial charge in [-0.3, -0.25) is 14.5 Å². The Morgan fingerprint density at radius 3 is 2.48 bits per heavy atom. The average Bonchev–Trinajstić information content (AvgIpc) is 3.10. The highest BCUT2D eigenvalue weighted by molar-refractivity contribution is 8.00. The molecule has 0 unspecified atom stereocenters. The Kier molecular flexibility index (Phi) is 5.36. The van der Waals surface area contributed by atoms with Crippen LogP contribution in [0, 0.1) is 12.7 Å². The lowest BCUT2D eigenvalue weighted by Gasteiger charge is -2.25. The van der Waals surface area contributed by atoms with Gasteiger partial charge >= 0.3 is 0 Å². The fourth-order valence-electron chi connectivity index (χ4n) is 3.26. The molecule has 1 aliphatic heterocycles. The second kappa shape index (κ2) is 8.09. The molecule has 2 amide bonds. The second-order valence-corrected chi connectivity index (χ2v) is 7.92. The van der Waals surface area contributed by atoms with Crippen molar-refractivity contribution in [1.29, 1.82) is 0 Å². The molecule has 4 rings (SSSR count). The van der Waals surface area contributed by atoms with E-state index in [1.807, 2.05) is 60.4 Å². The first-order valence-corrected chi connectivity index (χ1v) is 10.2. The standard InChI is InChI=1S/C23H19FN2O2S/c1-15-3-2-4-20(13-15)26-21(27)14-29-23(26)17-7-11-19(12-8-17)25-22(28)16-5-9-18(24)10-6-16/h2-13,23H,14H2,1H3,(H,25,28)/t23-/m1/s1. The number of halogens is 1. The fourth-order valence-corrected chi connectivity index (χ4v) is 4.44. The number of carbonyl (C=O) groups is 2. The van der Waals surface area contributed by atoms with E-state index in [4.69, 9.17) is 0 Å². The molecule has 1 N–H and O–H groups in total. The Bertz CT molecular complexity index is 1050. The van der Waals surface area contributed by atoms with Crippen LogP contribution in [0.1, 0.15) is 26.9 Å². The number of nitrogens with zero attached hydrogens (tertiary/aromatic N) is 1. The van der Waals surface area contributed by atoms with Gasteiger partial charge in [0.2, 0.25) is 5.91 Å². The van der Waals surface area contributed by atoms with Gasteiger partial charge in [0, 0.05) is 16.9 Å². The Balaban J connectivity index is 1.51. The highest BCUT2D eigenvalue weighted by Gasteiger charge is 2.34. The first-order chi connectivity index (χ1) is 14.0. The van der Waals surface area contributed by atoms with Gasteiger partial charge in [-0.15, -0.1) is 11.8 Å². The molecule has 1 heterocycles. The van der Waals surface area contributed by atoms with Crippen molar-refractivity contribution in [3.63, 3.8) is 0 Å². The number of amides is 2. The molecule has 1 aliphatic rings. The lowest BCUT2D eigenvalue weighted by atomic mass is 10.1. The van der Waals surface area contributed by atoms with Crippen LogP contribution in [-0.2, 0) is 4.79 Å². The number of hydrogen-bond donors (Lipinski definition) is 1. The zero-order chi connectivity index (χ0) is 20.4. The molecule has 0 saturated carbocycles. The summed E-state index contributed by atoms with van der Waals surface area (Å²) in [6, 6.07) is 20.8. The van der Waals surface area contributed by atoms with Crippen molar-refractivity contribution in [2.24, 2.45) is 0 Å². The molecule has 4 nitrogen and oxygen atoms in total. The van der Waals surface area contributed by atoms with Gasteiger partial charge in [-0.05, 0) is 66.6 Å². The highest BCUT2D eigenvalue weighted by Crippen LogP contribution is 2.42. The number of aryl methyl sites for hydroxylation is 1. The molecule has 3 aromatic rings. The van der Waals surface area contributed by atoms with Crippen molar-refractivity contribution in [1.82, 2.24) is 0 Å². The topological polar surface area (TPSA) is 49.4 Å². The predicted octanol–water partition coefficient (Wildman–Crippen LogP) is 5.17. The summed E-state index contributed by atoms with van der Waals surface area (Å²) in [4.78, 5) is 26.6. The van der Waals surface area contributed by atoms with Crippen molar-refractivity contribution in [3.8, 4) is 0 Å². The van der Waals surface area contributed by atoms with Gasteiger partial charge in [-0.1, -0.05) is 24.3 Å². The summed E-state index contributed by atoms with van der Waals surface area (Å²) in [6.45, 7) is 2.00. The summed E-state index contributed by atoms with van der Waals surface area (Å²) < 4.78 is 13.0. The zero-order valence-corrected chi connectivity index (χ0v) is 16.6. The van der Waals surface area contributed by atoms with Crippen LogP contribution in [-0.4, -0.2) is 17.6 Å². The van der Waals surface area contributed by atoms with Crippen LogP contribution in [0.4, 0.5) is 15.8 Å². The smallest absolute Gasteiger partial charge is 0.255 e. The van der Waals surface area contributed by atoms with Gasteiger partial charge in [0.05, 0.1) is 5.75 Å². The van der Waals surface area contributed by atoms with E-state index in [9.17, 15) is 14.0 Å². The van der Waals surface area contributed by atoms with Crippen LogP contribution < -0.4 is 10.2 Å². The van der Waals surface area contributed by atoms with Crippen LogP contribution in [0.25, 0.3) is 0 Å². The minimum Gasteiger partial charge on any atom is -0.322 e. The third-order valence-corrected chi connectivity index (χ3v) is 5.92. The van der Waals surface area contributed by atoms with Gasteiger partial charge in [-0.2, -0.15) is 0 Å². The van der Waals surface area contributed by atoms with Crippen LogP contribution in [0.15, 0.2) is 72.8 Å². The van der Waals surface area contributed by atoms with Gasteiger partial charge in [0.15, 0.2) is 0 Å². The molecule has 0 radical (unpaired) electrons. The lowest BCUT2D eigenvalue weighted by Crippen LogP contribution is -2.27. The van der Waals surface area contributed by atoms with E-state index < -0.39 is 0 Å². The summed E-state index contributed by atoms with van der Waals surface area (Å²) in [7, 11) is 0. The molecule has 29 heavy (non-hydrogen) atoms. The van der Waals surface area contributed by atoms with E-state index in [0.717, 1.165) is 16.8 Å². The Hall–Kier alpha value is -3.12. The van der Waals surface area contributed by atoms with E-state index >= 15 is 0 Å². The Morgan fingerprint density at radius 2 is 1.79 bits per heavy atom. The first kappa shape index (κ1) is 19.2. The van der Waals surface area contributed by atoms with Crippen LogP contribution in [0.3, 0.4) is 0 Å². The lowest BCUT2D eigenvalue weighted by molar-refractivity contribution is -0.115. The maximum Gasteiger partial charge on any atom is 0.255 e. The van der Waals surface area contributed by atoms with Crippen molar-refractivity contribution in [2.75, 3.05) is 16.0 Å². The molecular weight excluding hydrogens is 387 g/mol. The second-order valence-electron chi connectivity index (χ2n) is 6.85. The Labute approximate surface area is 172 Å². The van der Waals surface area contributed by atoms with E-state index in [-0.39, 0.29) is 23.0 Å². The maximum absolute atomic E-state index is 13.0. The highest BCUT2D eigenvalue weighted by atomic mass is 32.2. The van der Waals surface area contributed by atoms with E-state index in [1.54, 1.807) is 11.8 Å². The number of thioether (sulfide) groups is 1. The van der Waals surface area contributed by atoms with E-state index in [1.165, 1.54) is 24.3 Å². The van der Waals surface area contributed by atoms with Crippen molar-refractivity contribution < 1.29 is 14.0 Å². The van der Waals surface area contributed by atoms with Gasteiger partial charge < -0.3 is 5.32 Å². The summed E-state index contributed by atoms with van der Waals surface area (Å²) in [5, 5.41) is 2.70. The number of benzene rings is 3. The molecule has 0 spiro atoms. The number of anilines is 2. The number of hydrogen-bond acceptors (Lipinski definition) is 3. The van der Waals surface area contributed by atoms with Crippen molar-refractivity contribution in [2.45, 2.75) is 12.3 Å². The average molecular weight is 406 g/mol. The molecule has 0 aromatic heterocycles. The third kappa shape index (κ3) is 4.17. The molecule has 0 bridgehead atoms. The molecule has 3 aromatic carbocycles. The van der Waals surface area contributed by atoms with Gasteiger partial charge in [-0.25, -0.2) is 4.39 Å². The van der Waals surface area contributed by atoms with Crippen LogP contribution in [0.2, 0.25) is 0 Å². The van der Waals surface area contributed by atoms with Gasteiger partial charge in [0.1, 0.15) is 11.2 Å². The summed E-state index contributed by atoms with van der Waals surface area (Å²) >= 11 is 1.58. The number of carbonyl (C=O) groups excluding carboxylic acids is 2. The van der Waals surface area contributed by atoms with Gasteiger partial charge in [0.25, 0.3) is 5.91 Å². The fraction of sp³-hybridized carbons (Fsp3) is 0.130. The third-order valence-electron chi connectivity index (χ3n) is 4.71. The van der Waals surface area contributed by atoms with Crippen LogP contribution >= 0.6 is 11.8 Å². The molecule has 0 aliphatic carbocycles. The molecule has 6 heteroatoms. The summed E-state index contributed by atoms with van der Waals surface area (Å²) in [5.74, 6) is -0.168. The Morgan fingerprint density at radius 1 is 1.07 bits per heavy atom. The van der Waals surface area contributed by atoms with Crippen molar-refractivity contribution >= 4 is 35.0 Å². The minimum atomic E-state index is -0.382. The zero-order valence-electron chi connectivity index (χ0n) is 15.8. The van der Waals surface area contributed by atoms with Crippen molar-refractivity contribution in [3.05, 3.63) is 95.3 Å². The molecule has 1 atom stereocenters. The number of nitrogens with one attached hydrogen (secondary N) is 1. The molecule has 1 fully saturated rings. The predicted molar refractivity (Wildman–Crippen MR) is 115 cm³/mol. The summed E-state index contributed by atoms with van der Waals surface area (Å²) in [5.41, 5.74) is 4.00. The van der Waals surface area contributed by atoms with E-state index in [2.05, 4.69) is 5.32 Å². The first-order valence-electron chi connectivity index (χ1n) is 9.18. The SMILES string of the molecule is Cc1cccc(N2C(=O)CS[C@@H]2c2ccc(NC(=O)c3ccc(F)cc3)cc2)c1. The summed E-state index contributed by atoms with van der Waals surface area (Å²) in [6.07, 6.45) is 0. The maximum atomic E-state index is 13.0. The quantitative estimate of drug-likeness (QED) is 0.651. The number of rotatable bonds is 4. The monoisotopic (exact) mass is 406 g/mol. The molecular formula is C23H19FN2O2S. The normalized spacial score (nSPS) is 16.1. The van der Waals surface area contributed by atoms with Crippen LogP contribution in [0.5, 0.6) is 0 Å².